The summed E-state index contributed by atoms with van der Waals surface area (Å²) in [6, 6.07) is 24.2. The number of urea groups is 1. The van der Waals surface area contributed by atoms with Gasteiger partial charge < -0.3 is 15.8 Å². The molecular weight excluding hydrogens is 338 g/mol. The minimum absolute atomic E-state index is 0.208. The first-order valence-electron chi connectivity index (χ1n) is 8.87. The predicted molar refractivity (Wildman–Crippen MR) is 109 cm³/mol. The van der Waals surface area contributed by atoms with E-state index in [0.29, 0.717) is 18.8 Å². The van der Waals surface area contributed by atoms with Gasteiger partial charge in [0.2, 0.25) is 0 Å². The van der Waals surface area contributed by atoms with Crippen LogP contribution in [0, 0.1) is 0 Å². The number of benzene rings is 3. The molecule has 0 heterocycles. The van der Waals surface area contributed by atoms with Gasteiger partial charge >= 0.3 is 6.03 Å². The van der Waals surface area contributed by atoms with Gasteiger partial charge in [-0.05, 0) is 61.0 Å². The van der Waals surface area contributed by atoms with Crippen LogP contribution in [0.5, 0.6) is 5.75 Å². The summed E-state index contributed by atoms with van der Waals surface area (Å²) in [5, 5.41) is 2.98. The maximum atomic E-state index is 12.9. The molecule has 0 aliphatic rings. The quantitative estimate of drug-likeness (QED) is 0.625. The fourth-order valence-electron chi connectivity index (χ4n) is 2.71. The van der Waals surface area contributed by atoms with E-state index in [1.54, 1.807) is 17.0 Å². The number of carbonyl (C=O) groups excluding carboxylic acids is 1. The highest BCUT2D eigenvalue weighted by Gasteiger charge is 2.17. The molecule has 0 aromatic heterocycles. The molecule has 0 saturated heterocycles. The molecule has 2 amide bonds. The van der Waals surface area contributed by atoms with Crippen molar-refractivity contribution >= 4 is 23.1 Å². The summed E-state index contributed by atoms with van der Waals surface area (Å²) in [6.45, 7) is 3.00. The van der Waals surface area contributed by atoms with Crippen LogP contribution in [0.4, 0.5) is 21.9 Å². The van der Waals surface area contributed by atoms with Gasteiger partial charge in [0, 0.05) is 12.2 Å². The van der Waals surface area contributed by atoms with Crippen molar-refractivity contribution in [2.24, 2.45) is 0 Å². The zero-order valence-electron chi connectivity index (χ0n) is 15.3. The first-order valence-corrected chi connectivity index (χ1v) is 8.87. The van der Waals surface area contributed by atoms with Crippen molar-refractivity contribution in [1.82, 2.24) is 5.32 Å². The Kier molecular flexibility index (Phi) is 5.94. The Hall–Kier alpha value is -3.47. The average Bonchev–Trinajstić information content (AvgIpc) is 2.70. The molecule has 0 bridgehead atoms. The van der Waals surface area contributed by atoms with E-state index in [4.69, 9.17) is 10.5 Å². The minimum atomic E-state index is -0.208. The molecule has 138 valence electrons. The highest BCUT2D eigenvalue weighted by atomic mass is 16.5. The van der Waals surface area contributed by atoms with Gasteiger partial charge in [0.15, 0.2) is 0 Å². The molecule has 0 saturated carbocycles. The molecule has 0 aliphatic heterocycles. The highest BCUT2D eigenvalue weighted by Crippen LogP contribution is 2.26. The van der Waals surface area contributed by atoms with E-state index in [-0.39, 0.29) is 6.03 Å². The third-order valence-corrected chi connectivity index (χ3v) is 4.05. The van der Waals surface area contributed by atoms with E-state index >= 15 is 0 Å². The third kappa shape index (κ3) is 4.79. The van der Waals surface area contributed by atoms with Gasteiger partial charge in [0.1, 0.15) is 5.75 Å². The van der Waals surface area contributed by atoms with Crippen LogP contribution in [0.25, 0.3) is 0 Å². The van der Waals surface area contributed by atoms with E-state index in [2.05, 4.69) is 5.32 Å². The number of nitrogens with zero attached hydrogens (tertiary/aromatic N) is 1. The Bertz CT molecular complexity index is 862. The molecule has 3 aromatic carbocycles. The number of amides is 2. The summed E-state index contributed by atoms with van der Waals surface area (Å²) in [5.41, 5.74) is 8.97. The number of carbonyl (C=O) groups is 1. The molecule has 0 aliphatic carbocycles. The van der Waals surface area contributed by atoms with Crippen LogP contribution in [-0.2, 0) is 6.54 Å². The molecule has 0 fully saturated rings. The first kappa shape index (κ1) is 18.3. The number of rotatable bonds is 6. The Morgan fingerprint density at radius 3 is 2.19 bits per heavy atom. The molecule has 0 atom stereocenters. The van der Waals surface area contributed by atoms with Gasteiger partial charge in [0.05, 0.1) is 18.0 Å². The van der Waals surface area contributed by atoms with E-state index in [1.165, 1.54) is 0 Å². The zero-order valence-corrected chi connectivity index (χ0v) is 15.3. The van der Waals surface area contributed by atoms with Gasteiger partial charge in [-0.25, -0.2) is 4.79 Å². The van der Waals surface area contributed by atoms with Crippen molar-refractivity contribution in [3.05, 3.63) is 84.4 Å². The molecule has 0 unspecified atom stereocenters. The van der Waals surface area contributed by atoms with Crippen LogP contribution >= 0.6 is 0 Å². The Labute approximate surface area is 159 Å². The van der Waals surface area contributed by atoms with Gasteiger partial charge in [-0.2, -0.15) is 0 Å². The first-order chi connectivity index (χ1) is 13.2. The molecule has 0 spiro atoms. The van der Waals surface area contributed by atoms with Crippen molar-refractivity contribution in [2.45, 2.75) is 13.5 Å². The molecule has 27 heavy (non-hydrogen) atoms. The van der Waals surface area contributed by atoms with Crippen LogP contribution in [0.1, 0.15) is 12.5 Å². The molecule has 0 radical (unpaired) electrons. The van der Waals surface area contributed by atoms with E-state index in [9.17, 15) is 4.79 Å². The molecule has 3 N–H and O–H groups in total. The monoisotopic (exact) mass is 361 g/mol. The second kappa shape index (κ2) is 8.76. The largest absolute Gasteiger partial charge is 0.494 e. The summed E-state index contributed by atoms with van der Waals surface area (Å²) in [7, 11) is 0. The summed E-state index contributed by atoms with van der Waals surface area (Å²) < 4.78 is 5.44. The molecule has 3 aromatic rings. The number of nitrogen functional groups attached to an aromatic ring is 1. The minimum Gasteiger partial charge on any atom is -0.494 e. The molecule has 5 nitrogen and oxygen atoms in total. The van der Waals surface area contributed by atoms with Crippen molar-refractivity contribution in [2.75, 3.05) is 17.2 Å². The number of nitrogens with two attached hydrogens (primary N) is 1. The lowest BCUT2D eigenvalue weighted by Crippen LogP contribution is -2.36. The van der Waals surface area contributed by atoms with Crippen LogP contribution < -0.4 is 20.7 Å². The Morgan fingerprint density at radius 2 is 1.56 bits per heavy atom. The standard InChI is InChI=1S/C22H23N3O2/c1-2-27-21-14-8-17(9-15-21)16-24-22(26)25(19-6-4-3-5-7-19)20-12-10-18(23)11-13-20/h3-15H,2,16,23H2,1H3,(H,24,26). The van der Waals surface area contributed by atoms with E-state index in [0.717, 1.165) is 22.7 Å². The van der Waals surface area contributed by atoms with Crippen LogP contribution in [0.15, 0.2) is 78.9 Å². The summed E-state index contributed by atoms with van der Waals surface area (Å²) in [5.74, 6) is 0.820. The number of anilines is 3. The lowest BCUT2D eigenvalue weighted by atomic mass is 10.2. The van der Waals surface area contributed by atoms with Crippen molar-refractivity contribution in [3.63, 3.8) is 0 Å². The summed E-state index contributed by atoms with van der Waals surface area (Å²) in [6.07, 6.45) is 0. The second-order valence-corrected chi connectivity index (χ2v) is 6.00. The molecular formula is C22H23N3O2. The van der Waals surface area contributed by atoms with Crippen molar-refractivity contribution < 1.29 is 9.53 Å². The highest BCUT2D eigenvalue weighted by molar-refractivity contribution is 5.99. The maximum absolute atomic E-state index is 12.9. The van der Waals surface area contributed by atoms with Gasteiger partial charge in [-0.3, -0.25) is 4.90 Å². The average molecular weight is 361 g/mol. The zero-order chi connectivity index (χ0) is 19.1. The third-order valence-electron chi connectivity index (χ3n) is 4.05. The van der Waals surface area contributed by atoms with Crippen molar-refractivity contribution in [3.8, 4) is 5.75 Å². The molecule has 3 rings (SSSR count). The fraction of sp³-hybridized carbons (Fsp3) is 0.136. The number of nitrogens with one attached hydrogen (secondary N) is 1. The Balaban J connectivity index is 1.76. The number of hydrogen-bond acceptors (Lipinski definition) is 3. The van der Waals surface area contributed by atoms with Gasteiger partial charge in [-0.1, -0.05) is 30.3 Å². The maximum Gasteiger partial charge on any atom is 0.326 e. The smallest absolute Gasteiger partial charge is 0.326 e. The fourth-order valence-corrected chi connectivity index (χ4v) is 2.71. The van der Waals surface area contributed by atoms with Gasteiger partial charge in [-0.15, -0.1) is 0 Å². The lowest BCUT2D eigenvalue weighted by Gasteiger charge is -2.23. The van der Waals surface area contributed by atoms with E-state index < -0.39 is 0 Å². The lowest BCUT2D eigenvalue weighted by molar-refractivity contribution is 0.248. The summed E-state index contributed by atoms with van der Waals surface area (Å²) in [4.78, 5) is 14.6. The SMILES string of the molecule is CCOc1ccc(CNC(=O)N(c2ccccc2)c2ccc(N)cc2)cc1. The number of hydrogen-bond donors (Lipinski definition) is 2. The number of ether oxygens (including phenoxy) is 1. The van der Waals surface area contributed by atoms with Crippen LogP contribution in [0.2, 0.25) is 0 Å². The second-order valence-electron chi connectivity index (χ2n) is 6.00. The normalized spacial score (nSPS) is 10.3. The number of para-hydroxylation sites is 1. The predicted octanol–water partition coefficient (Wildman–Crippen LogP) is 4.72. The molecule has 5 heteroatoms. The summed E-state index contributed by atoms with van der Waals surface area (Å²) >= 11 is 0. The van der Waals surface area contributed by atoms with Crippen molar-refractivity contribution in [1.29, 1.82) is 0 Å². The Morgan fingerprint density at radius 1 is 0.926 bits per heavy atom. The van der Waals surface area contributed by atoms with Crippen LogP contribution in [-0.4, -0.2) is 12.6 Å². The van der Waals surface area contributed by atoms with Crippen LogP contribution in [0.3, 0.4) is 0 Å². The topological polar surface area (TPSA) is 67.6 Å². The van der Waals surface area contributed by atoms with E-state index in [1.807, 2.05) is 73.7 Å². The van der Waals surface area contributed by atoms with Gasteiger partial charge in [0.25, 0.3) is 0 Å².